The van der Waals surface area contributed by atoms with Gasteiger partial charge in [0.2, 0.25) is 5.91 Å². The van der Waals surface area contributed by atoms with E-state index in [4.69, 9.17) is 4.42 Å². The molecule has 1 aromatic heterocycles. The molecule has 6 heteroatoms. The Morgan fingerprint density at radius 3 is 2.26 bits per heavy atom. The summed E-state index contributed by atoms with van der Waals surface area (Å²) in [6, 6.07) is 22.5. The van der Waals surface area contributed by atoms with Crippen LogP contribution in [0, 0.1) is 13.8 Å². The van der Waals surface area contributed by atoms with Crippen LogP contribution in [0.4, 0.5) is 0 Å². The standard InChI is InChI=1S/C32H34N2O4/c1-4-5-17-33(32(37)26-14-11-23(2)12-15-26)21-30(35)34(19-25-9-7-6-8-10-25)20-27-22-38-29-16-13-24(3)18-28(29)31(27)36/h6-16,18,22H,4-5,17,19-21H2,1-3H3. The molecule has 2 amide bonds. The van der Waals surface area contributed by atoms with E-state index in [9.17, 15) is 14.4 Å². The number of aryl methyl sites for hydroxylation is 2. The first-order valence-electron chi connectivity index (χ1n) is 13.0. The fourth-order valence-corrected chi connectivity index (χ4v) is 4.38. The number of hydrogen-bond acceptors (Lipinski definition) is 4. The molecule has 0 saturated heterocycles. The van der Waals surface area contributed by atoms with Crippen LogP contribution in [0.2, 0.25) is 0 Å². The molecule has 0 fully saturated rings. The zero-order chi connectivity index (χ0) is 27.1. The maximum absolute atomic E-state index is 13.7. The Labute approximate surface area is 223 Å². The molecular formula is C32H34N2O4. The van der Waals surface area contributed by atoms with Gasteiger partial charge in [-0.15, -0.1) is 0 Å². The van der Waals surface area contributed by atoms with Crippen molar-refractivity contribution in [2.24, 2.45) is 0 Å². The first-order valence-corrected chi connectivity index (χ1v) is 13.0. The molecule has 0 unspecified atom stereocenters. The number of amides is 2. The fraction of sp³-hybridized carbons (Fsp3) is 0.281. The topological polar surface area (TPSA) is 70.8 Å². The van der Waals surface area contributed by atoms with Crippen molar-refractivity contribution in [3.63, 3.8) is 0 Å². The first-order chi connectivity index (χ1) is 18.4. The molecular weight excluding hydrogens is 476 g/mol. The minimum atomic E-state index is -0.228. The largest absolute Gasteiger partial charge is 0.464 e. The van der Waals surface area contributed by atoms with Gasteiger partial charge in [0.15, 0.2) is 5.43 Å². The second-order valence-electron chi connectivity index (χ2n) is 9.77. The van der Waals surface area contributed by atoms with E-state index in [2.05, 4.69) is 6.92 Å². The van der Waals surface area contributed by atoms with Gasteiger partial charge < -0.3 is 14.2 Å². The first kappa shape index (κ1) is 26.9. The third-order valence-corrected chi connectivity index (χ3v) is 6.62. The highest BCUT2D eigenvalue weighted by Crippen LogP contribution is 2.16. The summed E-state index contributed by atoms with van der Waals surface area (Å²) in [6.45, 7) is 6.75. The zero-order valence-electron chi connectivity index (χ0n) is 22.3. The van der Waals surface area contributed by atoms with Crippen LogP contribution in [0.5, 0.6) is 0 Å². The van der Waals surface area contributed by atoms with Crippen LogP contribution in [0.25, 0.3) is 11.0 Å². The van der Waals surface area contributed by atoms with Crippen LogP contribution in [0.3, 0.4) is 0 Å². The smallest absolute Gasteiger partial charge is 0.254 e. The summed E-state index contributed by atoms with van der Waals surface area (Å²) in [4.78, 5) is 43.7. The maximum Gasteiger partial charge on any atom is 0.254 e. The number of fused-ring (bicyclic) bond motifs is 1. The molecule has 6 nitrogen and oxygen atoms in total. The lowest BCUT2D eigenvalue weighted by Gasteiger charge is -2.28. The summed E-state index contributed by atoms with van der Waals surface area (Å²) in [5, 5.41) is 0.494. The van der Waals surface area contributed by atoms with E-state index in [0.29, 0.717) is 35.2 Å². The SMILES string of the molecule is CCCCN(CC(=O)N(Cc1ccccc1)Cc1coc2ccc(C)cc2c1=O)C(=O)c1ccc(C)cc1. The van der Waals surface area contributed by atoms with Gasteiger partial charge in [-0.3, -0.25) is 14.4 Å². The summed E-state index contributed by atoms with van der Waals surface area (Å²) in [5.74, 6) is -0.402. The second-order valence-corrected chi connectivity index (χ2v) is 9.77. The lowest BCUT2D eigenvalue weighted by atomic mass is 10.1. The van der Waals surface area contributed by atoms with E-state index in [1.165, 1.54) is 6.26 Å². The van der Waals surface area contributed by atoms with Crippen LogP contribution in [-0.2, 0) is 17.9 Å². The summed E-state index contributed by atoms with van der Waals surface area (Å²) >= 11 is 0. The highest BCUT2D eigenvalue weighted by molar-refractivity contribution is 5.96. The monoisotopic (exact) mass is 510 g/mol. The Morgan fingerprint density at radius 1 is 0.842 bits per heavy atom. The molecule has 38 heavy (non-hydrogen) atoms. The highest BCUT2D eigenvalue weighted by Gasteiger charge is 2.24. The molecule has 0 aliphatic carbocycles. The summed E-state index contributed by atoms with van der Waals surface area (Å²) in [5.41, 5.74) is 4.28. The Balaban J connectivity index is 1.63. The van der Waals surface area contributed by atoms with Crippen molar-refractivity contribution in [2.75, 3.05) is 13.1 Å². The van der Waals surface area contributed by atoms with E-state index in [1.807, 2.05) is 62.4 Å². The quantitative estimate of drug-likeness (QED) is 0.267. The Hall–Kier alpha value is -4.19. The molecule has 0 aliphatic rings. The summed E-state index contributed by atoms with van der Waals surface area (Å²) in [6.07, 6.45) is 3.13. The van der Waals surface area contributed by atoms with E-state index in [-0.39, 0.29) is 30.3 Å². The van der Waals surface area contributed by atoms with E-state index in [1.54, 1.807) is 34.1 Å². The molecule has 0 atom stereocenters. The minimum Gasteiger partial charge on any atom is -0.464 e. The third kappa shape index (κ3) is 6.57. The lowest BCUT2D eigenvalue weighted by molar-refractivity contribution is -0.133. The molecule has 0 radical (unpaired) electrons. The highest BCUT2D eigenvalue weighted by atomic mass is 16.3. The molecule has 4 aromatic rings. The normalized spacial score (nSPS) is 10.9. The lowest BCUT2D eigenvalue weighted by Crippen LogP contribution is -2.43. The second kappa shape index (κ2) is 12.4. The van der Waals surface area contributed by atoms with Gasteiger partial charge in [0, 0.05) is 18.7 Å². The van der Waals surface area contributed by atoms with Crippen molar-refractivity contribution < 1.29 is 14.0 Å². The summed E-state index contributed by atoms with van der Waals surface area (Å²) in [7, 11) is 0. The maximum atomic E-state index is 13.7. The number of hydrogen-bond donors (Lipinski definition) is 0. The Bertz CT molecular complexity index is 1460. The number of benzene rings is 3. The van der Waals surface area contributed by atoms with Crippen LogP contribution in [0.1, 0.15) is 52.4 Å². The van der Waals surface area contributed by atoms with Crippen LogP contribution in [0.15, 0.2) is 88.3 Å². The average Bonchev–Trinajstić information content (AvgIpc) is 2.93. The predicted octanol–water partition coefficient (Wildman–Crippen LogP) is 5.88. The average molecular weight is 511 g/mol. The van der Waals surface area contributed by atoms with Gasteiger partial charge in [-0.1, -0.05) is 73.0 Å². The van der Waals surface area contributed by atoms with Gasteiger partial charge in [0.1, 0.15) is 12.1 Å². The van der Waals surface area contributed by atoms with Crippen molar-refractivity contribution >= 4 is 22.8 Å². The number of rotatable bonds is 10. The molecule has 0 N–H and O–H groups in total. The molecule has 196 valence electrons. The van der Waals surface area contributed by atoms with Crippen LogP contribution < -0.4 is 5.43 Å². The van der Waals surface area contributed by atoms with Gasteiger partial charge in [0.25, 0.3) is 5.91 Å². The van der Waals surface area contributed by atoms with Gasteiger partial charge in [0.05, 0.1) is 23.8 Å². The molecule has 3 aromatic carbocycles. The van der Waals surface area contributed by atoms with Crippen molar-refractivity contribution in [1.82, 2.24) is 9.80 Å². The molecule has 4 rings (SSSR count). The van der Waals surface area contributed by atoms with Crippen molar-refractivity contribution in [2.45, 2.75) is 46.7 Å². The van der Waals surface area contributed by atoms with Crippen LogP contribution >= 0.6 is 0 Å². The van der Waals surface area contributed by atoms with Crippen LogP contribution in [-0.4, -0.2) is 34.7 Å². The van der Waals surface area contributed by atoms with E-state index in [0.717, 1.165) is 29.5 Å². The number of nitrogens with zero attached hydrogens (tertiary/aromatic N) is 2. The predicted molar refractivity (Wildman–Crippen MR) is 150 cm³/mol. The molecule has 0 spiro atoms. The molecule has 0 bridgehead atoms. The zero-order valence-corrected chi connectivity index (χ0v) is 22.3. The minimum absolute atomic E-state index is 0.0719. The van der Waals surface area contributed by atoms with Crippen molar-refractivity contribution in [1.29, 1.82) is 0 Å². The van der Waals surface area contributed by atoms with Crippen molar-refractivity contribution in [3.8, 4) is 0 Å². The van der Waals surface area contributed by atoms with Gasteiger partial charge in [-0.2, -0.15) is 0 Å². The van der Waals surface area contributed by atoms with E-state index >= 15 is 0 Å². The molecule has 1 heterocycles. The number of carbonyl (C=O) groups is 2. The van der Waals surface area contributed by atoms with Gasteiger partial charge >= 0.3 is 0 Å². The fourth-order valence-electron chi connectivity index (χ4n) is 4.38. The summed E-state index contributed by atoms with van der Waals surface area (Å²) < 4.78 is 5.75. The van der Waals surface area contributed by atoms with E-state index < -0.39 is 0 Å². The molecule has 0 aliphatic heterocycles. The Morgan fingerprint density at radius 2 is 1.55 bits per heavy atom. The third-order valence-electron chi connectivity index (χ3n) is 6.62. The number of unbranched alkanes of at least 4 members (excludes halogenated alkanes) is 1. The number of carbonyl (C=O) groups excluding carboxylic acids is 2. The van der Waals surface area contributed by atoms with Crippen molar-refractivity contribution in [3.05, 3.63) is 117 Å². The van der Waals surface area contributed by atoms with Gasteiger partial charge in [-0.25, -0.2) is 0 Å². The Kier molecular flexibility index (Phi) is 8.74. The molecule has 0 saturated carbocycles. The van der Waals surface area contributed by atoms with Gasteiger partial charge in [-0.05, 0) is 50.1 Å².